The van der Waals surface area contributed by atoms with E-state index in [0.717, 1.165) is 6.54 Å². The Bertz CT molecular complexity index is 1010. The van der Waals surface area contributed by atoms with Crippen LogP contribution in [0.15, 0.2) is 11.1 Å². The predicted molar refractivity (Wildman–Crippen MR) is 124 cm³/mol. The van der Waals surface area contributed by atoms with E-state index in [1.807, 2.05) is 11.0 Å². The quantitative estimate of drug-likeness (QED) is 0.455. The second-order valence-electron chi connectivity index (χ2n) is 8.24. The van der Waals surface area contributed by atoms with Gasteiger partial charge in [0, 0.05) is 45.3 Å². The molecule has 2 heterocycles. The molecular weight excluding hydrogens is 483 g/mol. The summed E-state index contributed by atoms with van der Waals surface area (Å²) >= 11 is 0. The fourth-order valence-electron chi connectivity index (χ4n) is 4.07. The Hall–Kier alpha value is -3.24. The van der Waals surface area contributed by atoms with Crippen molar-refractivity contribution in [2.45, 2.75) is 25.6 Å². The number of hydrogen-bond donors (Lipinski definition) is 1. The molecule has 1 amide bonds. The number of aliphatic imine (C=N–C) groups is 1. The zero-order valence-electron chi connectivity index (χ0n) is 20.5. The fourth-order valence-corrected chi connectivity index (χ4v) is 4.07. The molecule has 0 aromatic heterocycles. The monoisotopic (exact) mass is 513 g/mol. The van der Waals surface area contributed by atoms with E-state index in [0.29, 0.717) is 51.6 Å². The van der Waals surface area contributed by atoms with Gasteiger partial charge >= 0.3 is 6.18 Å². The van der Waals surface area contributed by atoms with Crippen molar-refractivity contribution in [3.05, 3.63) is 11.6 Å². The molecule has 1 atom stereocenters. The van der Waals surface area contributed by atoms with Gasteiger partial charge in [0.1, 0.15) is 23.6 Å². The number of amidine groups is 1. The van der Waals surface area contributed by atoms with Gasteiger partial charge in [0.2, 0.25) is 5.75 Å². The van der Waals surface area contributed by atoms with Crippen LogP contribution in [0.25, 0.3) is 0 Å². The van der Waals surface area contributed by atoms with E-state index in [4.69, 9.17) is 18.9 Å². The molecular formula is C23H30F3N5O5. The van der Waals surface area contributed by atoms with E-state index >= 15 is 0 Å². The lowest BCUT2D eigenvalue weighted by atomic mass is 10.1. The number of carbonyl (C=O) groups excluding carboxylic acids is 1. The zero-order chi connectivity index (χ0) is 26.3. The number of morpholine rings is 1. The summed E-state index contributed by atoms with van der Waals surface area (Å²) in [6.07, 6.45) is -4.43. The van der Waals surface area contributed by atoms with Crippen molar-refractivity contribution >= 4 is 17.4 Å². The molecule has 0 radical (unpaired) electrons. The Morgan fingerprint density at radius 1 is 1.22 bits per heavy atom. The van der Waals surface area contributed by atoms with Crippen molar-refractivity contribution in [2.75, 3.05) is 66.7 Å². The number of alkyl halides is 3. The van der Waals surface area contributed by atoms with Crippen molar-refractivity contribution in [1.29, 1.82) is 5.26 Å². The molecule has 0 saturated carbocycles. The van der Waals surface area contributed by atoms with Crippen LogP contribution in [0, 0.1) is 11.3 Å². The molecule has 0 bridgehead atoms. The first kappa shape index (κ1) is 27.3. The second kappa shape index (κ2) is 12.1. The fraction of sp³-hybridized carbons (Fsp3) is 0.609. The van der Waals surface area contributed by atoms with Gasteiger partial charge in [-0.3, -0.25) is 4.79 Å². The number of nitrogens with one attached hydrogen (secondary N) is 1. The molecule has 3 rings (SSSR count). The topological polar surface area (TPSA) is 109 Å². The Morgan fingerprint density at radius 2 is 1.94 bits per heavy atom. The number of nitriles is 1. The van der Waals surface area contributed by atoms with Crippen LogP contribution in [0.5, 0.6) is 17.2 Å². The molecule has 1 N–H and O–H groups in total. The van der Waals surface area contributed by atoms with Gasteiger partial charge in [-0.15, -0.1) is 0 Å². The van der Waals surface area contributed by atoms with Crippen LogP contribution < -0.4 is 19.5 Å². The van der Waals surface area contributed by atoms with Gasteiger partial charge in [-0.05, 0) is 13.3 Å². The first-order valence-corrected chi connectivity index (χ1v) is 11.5. The van der Waals surface area contributed by atoms with E-state index in [9.17, 15) is 23.2 Å². The first-order chi connectivity index (χ1) is 17.2. The van der Waals surface area contributed by atoms with Crippen LogP contribution in [-0.4, -0.2) is 101 Å². The van der Waals surface area contributed by atoms with Crippen LogP contribution in [0.1, 0.15) is 18.9 Å². The van der Waals surface area contributed by atoms with Gasteiger partial charge in [-0.25, -0.2) is 4.99 Å². The first-order valence-electron chi connectivity index (χ1n) is 11.5. The van der Waals surface area contributed by atoms with Crippen LogP contribution in [-0.2, 0) is 9.53 Å². The number of methoxy groups -OCH3 is 2. The summed E-state index contributed by atoms with van der Waals surface area (Å²) in [5.74, 6) is 0.0336. The van der Waals surface area contributed by atoms with Gasteiger partial charge in [0.15, 0.2) is 18.1 Å². The third kappa shape index (κ3) is 6.70. The highest BCUT2D eigenvalue weighted by Gasteiger charge is 2.32. The molecule has 36 heavy (non-hydrogen) atoms. The Labute approximate surface area is 207 Å². The van der Waals surface area contributed by atoms with E-state index in [-0.39, 0.29) is 28.7 Å². The molecule has 2 aliphatic heterocycles. The SMILES string of the molecule is COc1cc(N=C(C)N2CCCN(C(=O)C3CNCCO3)CC2)c(C#N)c(OCC(F)(F)F)c1OC. The number of nitrogens with zero attached hydrogens (tertiary/aromatic N) is 4. The average Bonchev–Trinajstić information content (AvgIpc) is 3.13. The summed E-state index contributed by atoms with van der Waals surface area (Å²) in [6.45, 7) is 3.95. The summed E-state index contributed by atoms with van der Waals surface area (Å²) in [7, 11) is 2.57. The number of halogens is 3. The summed E-state index contributed by atoms with van der Waals surface area (Å²) in [5.41, 5.74) is -0.117. The Morgan fingerprint density at radius 3 is 2.56 bits per heavy atom. The lowest BCUT2D eigenvalue weighted by Gasteiger charge is -2.29. The largest absolute Gasteiger partial charge is 0.493 e. The van der Waals surface area contributed by atoms with Crippen LogP contribution in [0.4, 0.5) is 18.9 Å². The zero-order valence-corrected chi connectivity index (χ0v) is 20.5. The van der Waals surface area contributed by atoms with Gasteiger partial charge in [-0.2, -0.15) is 18.4 Å². The summed E-state index contributed by atoms with van der Waals surface area (Å²) in [4.78, 5) is 21.1. The summed E-state index contributed by atoms with van der Waals surface area (Å²) < 4.78 is 59.5. The van der Waals surface area contributed by atoms with Crippen molar-refractivity contribution in [3.8, 4) is 23.3 Å². The lowest BCUT2D eigenvalue weighted by molar-refractivity contribution is -0.153. The smallest absolute Gasteiger partial charge is 0.422 e. The molecule has 1 aromatic rings. The van der Waals surface area contributed by atoms with Crippen LogP contribution in [0.3, 0.4) is 0 Å². The molecule has 10 nitrogen and oxygen atoms in total. The molecule has 1 unspecified atom stereocenters. The predicted octanol–water partition coefficient (Wildman–Crippen LogP) is 2.09. The average molecular weight is 514 g/mol. The van der Waals surface area contributed by atoms with Crippen molar-refractivity contribution in [2.24, 2.45) is 4.99 Å². The standard InChI is InChI=1S/C23H30F3N5O5/c1-15(30-6-4-7-31(9-8-30)22(32)19-13-28-5-10-35-19)29-17-11-18(33-2)21(34-3)20(16(17)12-27)36-14-23(24,25)26/h11,19,28H,4-10,13-14H2,1-3H3. The minimum atomic E-state index is -4.62. The molecule has 2 saturated heterocycles. The van der Waals surface area contributed by atoms with E-state index in [1.165, 1.54) is 20.3 Å². The Kier molecular flexibility index (Phi) is 9.22. The number of ether oxygens (including phenoxy) is 4. The number of amides is 1. The maximum absolute atomic E-state index is 12.8. The molecule has 13 heteroatoms. The van der Waals surface area contributed by atoms with Gasteiger partial charge in [0.25, 0.3) is 5.91 Å². The number of benzene rings is 1. The van der Waals surface area contributed by atoms with Gasteiger partial charge < -0.3 is 34.1 Å². The molecule has 0 aliphatic carbocycles. The Balaban J connectivity index is 1.83. The molecule has 198 valence electrons. The van der Waals surface area contributed by atoms with Gasteiger partial charge in [0.05, 0.1) is 26.5 Å². The van der Waals surface area contributed by atoms with E-state index in [2.05, 4.69) is 10.3 Å². The number of carbonyl (C=O) groups is 1. The maximum Gasteiger partial charge on any atom is 0.422 e. The second-order valence-corrected chi connectivity index (χ2v) is 8.24. The molecule has 0 spiro atoms. The highest BCUT2D eigenvalue weighted by atomic mass is 19.4. The third-order valence-electron chi connectivity index (χ3n) is 5.85. The van der Waals surface area contributed by atoms with Crippen molar-refractivity contribution in [1.82, 2.24) is 15.1 Å². The molecule has 2 aliphatic rings. The summed E-state index contributed by atoms with van der Waals surface area (Å²) in [6, 6.07) is 3.30. The van der Waals surface area contributed by atoms with Crippen LogP contribution >= 0.6 is 0 Å². The van der Waals surface area contributed by atoms with E-state index in [1.54, 1.807) is 11.8 Å². The number of hydrogen-bond acceptors (Lipinski definition) is 8. The van der Waals surface area contributed by atoms with Crippen molar-refractivity contribution in [3.63, 3.8) is 0 Å². The van der Waals surface area contributed by atoms with Gasteiger partial charge in [-0.1, -0.05) is 0 Å². The lowest BCUT2D eigenvalue weighted by Crippen LogP contribution is -2.50. The minimum Gasteiger partial charge on any atom is -0.493 e. The van der Waals surface area contributed by atoms with Crippen LogP contribution in [0.2, 0.25) is 0 Å². The third-order valence-corrected chi connectivity index (χ3v) is 5.85. The molecule has 2 fully saturated rings. The highest BCUT2D eigenvalue weighted by molar-refractivity contribution is 5.85. The normalized spacial score (nSPS) is 19.4. The minimum absolute atomic E-state index is 0.0586. The summed E-state index contributed by atoms with van der Waals surface area (Å²) in [5, 5.41) is 12.9. The maximum atomic E-state index is 12.8. The molecule has 1 aromatic carbocycles. The highest BCUT2D eigenvalue weighted by Crippen LogP contribution is 2.45. The van der Waals surface area contributed by atoms with Crippen molar-refractivity contribution < 1.29 is 36.9 Å². The van der Waals surface area contributed by atoms with E-state index < -0.39 is 24.6 Å². The number of rotatable bonds is 6.